The van der Waals surface area contributed by atoms with Crippen molar-refractivity contribution in [2.45, 2.75) is 0 Å². The molecule has 11 heavy (non-hydrogen) atoms. The lowest BCUT2D eigenvalue weighted by Gasteiger charge is -2.03. The fourth-order valence-corrected chi connectivity index (χ4v) is 0.363. The van der Waals surface area contributed by atoms with E-state index in [0.29, 0.717) is 0 Å². The maximum absolute atomic E-state index is 10.0. The van der Waals surface area contributed by atoms with Crippen molar-refractivity contribution in [3.8, 4) is 0 Å². The van der Waals surface area contributed by atoms with Crippen molar-refractivity contribution < 1.29 is 24.2 Å². The second-order valence-corrected chi connectivity index (χ2v) is 1.31. The maximum Gasteiger partial charge on any atom is 0.375 e. The van der Waals surface area contributed by atoms with E-state index in [4.69, 9.17) is 9.90 Å². The van der Waals surface area contributed by atoms with Crippen LogP contribution in [0.1, 0.15) is 0 Å². The minimum Gasteiger partial charge on any atom is -0.475 e. The molecule has 0 saturated heterocycles. The highest BCUT2D eigenvalue weighted by Gasteiger charge is 2.09. The monoisotopic (exact) mass is 158 g/mol. The number of hydrogen-bond acceptors (Lipinski definition) is 4. The lowest BCUT2D eigenvalue weighted by molar-refractivity contribution is -0.136. The summed E-state index contributed by atoms with van der Waals surface area (Å²) in [4.78, 5) is 18.0. The summed E-state index contributed by atoms with van der Waals surface area (Å²) in [6.45, 7) is 2.00. The molecule has 0 amide bonds. The summed E-state index contributed by atoms with van der Waals surface area (Å²) in [7, 11) is 0. The molecule has 1 rings (SSSR count). The molecule has 0 spiro atoms. The van der Waals surface area contributed by atoms with Crippen molar-refractivity contribution in [3.05, 3.63) is 24.5 Å². The third-order valence-corrected chi connectivity index (χ3v) is 0.715. The van der Waals surface area contributed by atoms with E-state index >= 15 is 0 Å². The second kappa shape index (κ2) is 5.04. The molecule has 0 unspecified atom stereocenters. The van der Waals surface area contributed by atoms with E-state index < -0.39 is 5.97 Å². The van der Waals surface area contributed by atoms with Gasteiger partial charge in [0.2, 0.25) is 5.76 Å². The zero-order valence-corrected chi connectivity index (χ0v) is 5.52. The second-order valence-electron chi connectivity index (χ2n) is 1.31. The molecule has 0 radical (unpaired) electrons. The number of carboxylic acid groups (broad SMARTS) is 1. The van der Waals surface area contributed by atoms with Gasteiger partial charge in [0.05, 0.1) is 0 Å². The Hall–Kier alpha value is -1.78. The Kier molecular flexibility index (Phi) is 4.22. The van der Waals surface area contributed by atoms with Gasteiger partial charge in [-0.2, -0.15) is 0 Å². The van der Waals surface area contributed by atoms with Crippen LogP contribution < -0.4 is 0 Å². The number of carbonyl (C=O) groups is 2. The summed E-state index contributed by atoms with van der Waals surface area (Å²) in [6.07, 6.45) is 3.41. The first-order valence-corrected chi connectivity index (χ1v) is 2.50. The van der Waals surface area contributed by atoms with Crippen LogP contribution in [0.2, 0.25) is 0 Å². The molecule has 0 aliphatic carbocycles. The zero-order chi connectivity index (χ0) is 8.69. The molecule has 1 aliphatic heterocycles. The van der Waals surface area contributed by atoms with Gasteiger partial charge in [0.15, 0.2) is 0 Å². The van der Waals surface area contributed by atoms with Gasteiger partial charge in [0.25, 0.3) is 0 Å². The van der Waals surface area contributed by atoms with Crippen LogP contribution in [0.3, 0.4) is 0 Å². The molecule has 1 N–H and O–H groups in total. The summed E-state index contributed by atoms with van der Waals surface area (Å²) < 4.78 is 8.99. The van der Waals surface area contributed by atoms with E-state index in [2.05, 4.69) is 9.47 Å². The molecule has 5 heteroatoms. The van der Waals surface area contributed by atoms with Crippen molar-refractivity contribution in [1.82, 2.24) is 0 Å². The Morgan fingerprint density at radius 2 is 2.09 bits per heavy atom. The highest BCUT2D eigenvalue weighted by molar-refractivity contribution is 5.84. The van der Waals surface area contributed by atoms with Gasteiger partial charge in [-0.05, 0) is 0 Å². The molecule has 60 valence electrons. The topological polar surface area (TPSA) is 72.8 Å². The lowest BCUT2D eigenvalue weighted by Crippen LogP contribution is -2.04. The maximum atomic E-state index is 10.0. The van der Waals surface area contributed by atoms with Gasteiger partial charge in [0, 0.05) is 0 Å². The standard InChI is InChI=1S/C5H4O4.CH2O/c6-5(7)4-3-8-1-2-9-4;1-2/h1-3H,(H,6,7);1H2. The molecular formula is C6H6O5. The third kappa shape index (κ3) is 3.04. The Bertz CT molecular complexity index is 193. The van der Waals surface area contributed by atoms with Gasteiger partial charge in [-0.3, -0.25) is 0 Å². The van der Waals surface area contributed by atoms with E-state index in [9.17, 15) is 4.79 Å². The molecule has 0 bridgehead atoms. The van der Waals surface area contributed by atoms with Gasteiger partial charge in [-0.15, -0.1) is 0 Å². The van der Waals surface area contributed by atoms with Crippen LogP contribution in [-0.2, 0) is 19.1 Å². The molecule has 0 fully saturated rings. The summed E-state index contributed by atoms with van der Waals surface area (Å²) in [5, 5.41) is 8.23. The first-order chi connectivity index (χ1) is 5.30. The molecule has 1 heterocycles. The molecule has 0 aromatic rings. The smallest absolute Gasteiger partial charge is 0.375 e. The largest absolute Gasteiger partial charge is 0.475 e. The van der Waals surface area contributed by atoms with Crippen LogP contribution in [0.15, 0.2) is 24.5 Å². The first-order valence-electron chi connectivity index (χ1n) is 2.50. The van der Waals surface area contributed by atoms with Crippen molar-refractivity contribution >= 4 is 12.8 Å². The lowest BCUT2D eigenvalue weighted by atomic mass is 10.5. The molecule has 1 aliphatic rings. The number of carboxylic acids is 1. The predicted octanol–water partition coefficient (Wildman–Crippen LogP) is 0.245. The SMILES string of the molecule is C=O.O=C(O)C1=COC=CO1. The van der Waals surface area contributed by atoms with Crippen LogP contribution >= 0.6 is 0 Å². The minimum atomic E-state index is -1.14. The van der Waals surface area contributed by atoms with Crippen molar-refractivity contribution in [1.29, 1.82) is 0 Å². The van der Waals surface area contributed by atoms with Crippen molar-refractivity contribution in [2.24, 2.45) is 0 Å². The van der Waals surface area contributed by atoms with Crippen LogP contribution in [0.5, 0.6) is 0 Å². The van der Waals surface area contributed by atoms with E-state index in [-0.39, 0.29) is 5.76 Å². The van der Waals surface area contributed by atoms with Gasteiger partial charge >= 0.3 is 5.97 Å². The number of aliphatic carboxylic acids is 1. The fraction of sp³-hybridized carbons (Fsp3) is 0. The highest BCUT2D eigenvalue weighted by Crippen LogP contribution is 2.03. The Balaban J connectivity index is 0.000000461. The van der Waals surface area contributed by atoms with Crippen LogP contribution in [0.25, 0.3) is 0 Å². The Morgan fingerprint density at radius 1 is 1.45 bits per heavy atom. The zero-order valence-electron chi connectivity index (χ0n) is 5.52. The first kappa shape index (κ1) is 9.22. The number of ether oxygens (including phenoxy) is 2. The fourth-order valence-electron chi connectivity index (χ4n) is 0.363. The predicted molar refractivity (Wildman–Crippen MR) is 34.1 cm³/mol. The third-order valence-electron chi connectivity index (χ3n) is 0.715. The van der Waals surface area contributed by atoms with Crippen molar-refractivity contribution in [2.75, 3.05) is 0 Å². The van der Waals surface area contributed by atoms with Crippen LogP contribution in [-0.4, -0.2) is 17.9 Å². The van der Waals surface area contributed by atoms with Gasteiger partial charge in [-0.25, -0.2) is 4.79 Å². The molecule has 0 atom stereocenters. The average Bonchev–Trinajstić information content (AvgIpc) is 2.10. The summed E-state index contributed by atoms with van der Waals surface area (Å²) >= 11 is 0. The summed E-state index contributed by atoms with van der Waals surface area (Å²) in [6, 6.07) is 0. The molecule has 0 aromatic carbocycles. The minimum absolute atomic E-state index is 0.211. The van der Waals surface area contributed by atoms with Gasteiger partial charge in [-0.1, -0.05) is 0 Å². The van der Waals surface area contributed by atoms with Crippen LogP contribution in [0, 0.1) is 0 Å². The van der Waals surface area contributed by atoms with Gasteiger partial charge < -0.3 is 19.4 Å². The number of rotatable bonds is 1. The van der Waals surface area contributed by atoms with Gasteiger partial charge in [0.1, 0.15) is 25.6 Å². The molecule has 0 saturated carbocycles. The van der Waals surface area contributed by atoms with Crippen molar-refractivity contribution in [3.63, 3.8) is 0 Å². The average molecular weight is 158 g/mol. The summed E-state index contributed by atoms with van der Waals surface area (Å²) in [5.41, 5.74) is 0. The van der Waals surface area contributed by atoms with E-state index in [0.717, 1.165) is 12.5 Å². The number of carbonyl (C=O) groups excluding carboxylic acids is 1. The summed E-state index contributed by atoms with van der Waals surface area (Å²) in [5.74, 6) is -1.35. The van der Waals surface area contributed by atoms with E-state index in [1.54, 1.807) is 0 Å². The Morgan fingerprint density at radius 3 is 2.36 bits per heavy atom. The Labute approximate surface area is 62.5 Å². The van der Waals surface area contributed by atoms with E-state index in [1.807, 2.05) is 6.79 Å². The quantitative estimate of drug-likeness (QED) is 0.591. The molecule has 5 nitrogen and oxygen atoms in total. The van der Waals surface area contributed by atoms with E-state index in [1.165, 1.54) is 6.26 Å². The molecule has 0 aromatic heterocycles. The highest BCUT2D eigenvalue weighted by atomic mass is 16.5. The molecular weight excluding hydrogens is 152 g/mol. The van der Waals surface area contributed by atoms with Crippen LogP contribution in [0.4, 0.5) is 0 Å². The normalized spacial score (nSPS) is 12.9. The number of hydrogen-bond donors (Lipinski definition) is 1.